The van der Waals surface area contributed by atoms with Crippen LogP contribution in [0.1, 0.15) is 18.4 Å². The van der Waals surface area contributed by atoms with E-state index in [1.807, 2.05) is 0 Å². The zero-order valence-electron chi connectivity index (χ0n) is 18.2. The van der Waals surface area contributed by atoms with Crippen molar-refractivity contribution < 1.29 is 13.2 Å². The lowest BCUT2D eigenvalue weighted by Crippen LogP contribution is -2.42. The van der Waals surface area contributed by atoms with Crippen LogP contribution in [-0.2, 0) is 21.4 Å². The fourth-order valence-electron chi connectivity index (χ4n) is 3.95. The van der Waals surface area contributed by atoms with E-state index in [1.54, 1.807) is 42.1 Å². The summed E-state index contributed by atoms with van der Waals surface area (Å²) in [4.78, 5) is 18.6. The van der Waals surface area contributed by atoms with Crippen molar-refractivity contribution in [1.29, 1.82) is 0 Å². The Morgan fingerprint density at radius 2 is 2.00 bits per heavy atom. The first-order chi connectivity index (χ1) is 15.4. The highest BCUT2D eigenvalue weighted by atomic mass is 32.2. The summed E-state index contributed by atoms with van der Waals surface area (Å²) in [6.45, 7) is 3.43. The molecule has 0 N–H and O–H groups in total. The van der Waals surface area contributed by atoms with E-state index >= 15 is 0 Å². The second kappa shape index (κ2) is 9.91. The fraction of sp³-hybridized carbons (Fsp3) is 0.391. The summed E-state index contributed by atoms with van der Waals surface area (Å²) in [7, 11) is -3.61. The molecule has 1 saturated heterocycles. The molecular formula is C23H27N3O3S3. The number of aromatic nitrogens is 1. The van der Waals surface area contributed by atoms with Crippen LogP contribution in [0.3, 0.4) is 0 Å². The van der Waals surface area contributed by atoms with Crippen LogP contribution in [0.15, 0.2) is 58.4 Å². The van der Waals surface area contributed by atoms with Gasteiger partial charge >= 0.3 is 0 Å². The standard InChI is InChI=1S/C23H27N3O3S3/c1-17-10-11-20-21(15-17)31-23(26(20)13-14-30-2)24-22(27)18-7-6-12-25(16-18)32(28,29)19-8-4-3-5-9-19/h3-5,8-11,15,18H,6-7,12-14,16H2,1-2H3. The van der Waals surface area contributed by atoms with Gasteiger partial charge in [0.05, 0.1) is 21.0 Å². The molecule has 1 amide bonds. The predicted molar refractivity (Wildman–Crippen MR) is 131 cm³/mol. The van der Waals surface area contributed by atoms with Crippen molar-refractivity contribution in [2.45, 2.75) is 31.2 Å². The topological polar surface area (TPSA) is 71.7 Å². The number of carbonyl (C=O) groups is 1. The third-order valence-electron chi connectivity index (χ3n) is 5.68. The van der Waals surface area contributed by atoms with Crippen molar-refractivity contribution in [2.75, 3.05) is 25.1 Å². The number of fused-ring (bicyclic) bond motifs is 1. The maximum absolute atomic E-state index is 13.1. The van der Waals surface area contributed by atoms with Gasteiger partial charge in [-0.1, -0.05) is 35.6 Å². The summed E-state index contributed by atoms with van der Waals surface area (Å²) in [5.74, 6) is 0.260. The molecule has 0 bridgehead atoms. The van der Waals surface area contributed by atoms with Crippen LogP contribution in [0.25, 0.3) is 10.2 Å². The van der Waals surface area contributed by atoms with Gasteiger partial charge in [-0.05, 0) is 55.9 Å². The average Bonchev–Trinajstić information content (AvgIpc) is 3.14. The van der Waals surface area contributed by atoms with Gasteiger partial charge in [0.25, 0.3) is 5.91 Å². The van der Waals surface area contributed by atoms with Gasteiger partial charge in [-0.15, -0.1) is 0 Å². The number of thiazole rings is 1. The van der Waals surface area contributed by atoms with E-state index in [0.29, 0.717) is 24.2 Å². The van der Waals surface area contributed by atoms with Crippen molar-refractivity contribution in [3.05, 3.63) is 58.9 Å². The Bertz CT molecular complexity index is 1280. The van der Waals surface area contributed by atoms with Crippen LogP contribution in [0.2, 0.25) is 0 Å². The molecule has 0 spiro atoms. The van der Waals surface area contributed by atoms with Gasteiger partial charge in [0, 0.05) is 25.4 Å². The predicted octanol–water partition coefficient (Wildman–Crippen LogP) is 3.90. The number of aryl methyl sites for hydroxylation is 2. The number of sulfonamides is 1. The highest BCUT2D eigenvalue weighted by Crippen LogP contribution is 2.25. The highest BCUT2D eigenvalue weighted by molar-refractivity contribution is 7.98. The fourth-order valence-corrected chi connectivity index (χ4v) is 7.02. The largest absolute Gasteiger partial charge is 0.316 e. The Morgan fingerprint density at radius 1 is 1.22 bits per heavy atom. The Morgan fingerprint density at radius 3 is 2.75 bits per heavy atom. The molecule has 1 aromatic heterocycles. The third kappa shape index (κ3) is 4.85. The molecule has 1 aliphatic heterocycles. The molecule has 32 heavy (non-hydrogen) atoms. The number of thioether (sulfide) groups is 1. The number of carbonyl (C=O) groups excluding carboxylic acids is 1. The second-order valence-corrected chi connectivity index (χ2v) is 11.9. The number of piperidine rings is 1. The SMILES string of the molecule is CSCCn1c(=NC(=O)C2CCCN(S(=O)(=O)c3ccccc3)C2)sc2cc(C)ccc21. The van der Waals surface area contributed by atoms with Crippen LogP contribution in [0.5, 0.6) is 0 Å². The van der Waals surface area contributed by atoms with Gasteiger partial charge in [0.15, 0.2) is 4.80 Å². The van der Waals surface area contributed by atoms with Crippen LogP contribution in [-0.4, -0.2) is 48.3 Å². The van der Waals surface area contributed by atoms with Gasteiger partial charge in [-0.3, -0.25) is 4.79 Å². The van der Waals surface area contributed by atoms with Gasteiger partial charge in [0.1, 0.15) is 0 Å². The summed E-state index contributed by atoms with van der Waals surface area (Å²) in [5.41, 5.74) is 2.25. The lowest BCUT2D eigenvalue weighted by Gasteiger charge is -2.30. The number of benzene rings is 2. The molecule has 0 aliphatic carbocycles. The van der Waals surface area contributed by atoms with Crippen LogP contribution in [0, 0.1) is 12.8 Å². The molecular weight excluding hydrogens is 462 g/mol. The highest BCUT2D eigenvalue weighted by Gasteiger charge is 2.33. The lowest BCUT2D eigenvalue weighted by molar-refractivity contribution is -0.122. The first-order valence-electron chi connectivity index (χ1n) is 10.6. The van der Waals surface area contributed by atoms with Crippen molar-refractivity contribution in [3.63, 3.8) is 0 Å². The summed E-state index contributed by atoms with van der Waals surface area (Å²) in [5, 5.41) is 0. The van der Waals surface area contributed by atoms with Crippen LogP contribution in [0.4, 0.5) is 0 Å². The number of hydrogen-bond acceptors (Lipinski definition) is 5. The maximum atomic E-state index is 13.1. The summed E-state index contributed by atoms with van der Waals surface area (Å²) in [6, 6.07) is 14.7. The molecule has 1 aliphatic rings. The van der Waals surface area contributed by atoms with Crippen LogP contribution >= 0.6 is 23.1 Å². The monoisotopic (exact) mass is 489 g/mol. The molecule has 170 valence electrons. The Balaban J connectivity index is 1.62. The Kier molecular flexibility index (Phi) is 7.19. The van der Waals surface area contributed by atoms with Crippen molar-refractivity contribution >= 4 is 49.2 Å². The lowest BCUT2D eigenvalue weighted by atomic mass is 9.99. The van der Waals surface area contributed by atoms with Gasteiger partial charge < -0.3 is 4.57 Å². The van der Waals surface area contributed by atoms with Crippen molar-refractivity contribution in [2.24, 2.45) is 10.9 Å². The number of nitrogens with zero attached hydrogens (tertiary/aromatic N) is 3. The number of amides is 1. The van der Waals surface area contributed by atoms with Crippen molar-refractivity contribution in [3.8, 4) is 0 Å². The minimum atomic E-state index is -3.61. The molecule has 2 aromatic carbocycles. The second-order valence-electron chi connectivity index (χ2n) is 7.97. The third-order valence-corrected chi connectivity index (χ3v) is 9.19. The van der Waals surface area contributed by atoms with E-state index in [2.05, 4.69) is 40.9 Å². The molecule has 9 heteroatoms. The summed E-state index contributed by atoms with van der Waals surface area (Å²) < 4.78 is 30.7. The zero-order valence-corrected chi connectivity index (χ0v) is 20.7. The summed E-state index contributed by atoms with van der Waals surface area (Å²) >= 11 is 3.27. The zero-order chi connectivity index (χ0) is 22.7. The normalized spacial score (nSPS) is 18.3. The minimum Gasteiger partial charge on any atom is -0.316 e. The van der Waals surface area contributed by atoms with Gasteiger partial charge in [-0.25, -0.2) is 8.42 Å². The Labute approximate surface area is 197 Å². The number of hydrogen-bond donors (Lipinski definition) is 0. The smallest absolute Gasteiger partial charge is 0.252 e. The molecule has 2 heterocycles. The number of rotatable bonds is 6. The first-order valence-corrected chi connectivity index (χ1v) is 14.3. The van der Waals surface area contributed by atoms with E-state index < -0.39 is 15.9 Å². The van der Waals surface area contributed by atoms with E-state index in [1.165, 1.54) is 21.2 Å². The molecule has 0 saturated carbocycles. The first kappa shape index (κ1) is 23.2. The van der Waals surface area contributed by atoms with E-state index in [0.717, 1.165) is 22.5 Å². The molecule has 6 nitrogen and oxygen atoms in total. The average molecular weight is 490 g/mol. The minimum absolute atomic E-state index is 0.175. The van der Waals surface area contributed by atoms with Gasteiger partial charge in [-0.2, -0.15) is 21.1 Å². The summed E-state index contributed by atoms with van der Waals surface area (Å²) in [6.07, 6.45) is 3.36. The van der Waals surface area contributed by atoms with E-state index in [4.69, 9.17) is 0 Å². The van der Waals surface area contributed by atoms with E-state index in [-0.39, 0.29) is 17.3 Å². The maximum Gasteiger partial charge on any atom is 0.252 e. The van der Waals surface area contributed by atoms with Crippen LogP contribution < -0.4 is 4.80 Å². The molecule has 1 unspecified atom stereocenters. The quantitative estimate of drug-likeness (QED) is 0.526. The van der Waals surface area contributed by atoms with Gasteiger partial charge in [0.2, 0.25) is 10.0 Å². The van der Waals surface area contributed by atoms with Crippen molar-refractivity contribution in [1.82, 2.24) is 8.87 Å². The van der Waals surface area contributed by atoms with E-state index in [9.17, 15) is 13.2 Å². The molecule has 1 atom stereocenters. The molecule has 1 fully saturated rings. The Hall–Kier alpha value is -1.94. The molecule has 0 radical (unpaired) electrons. The molecule has 3 aromatic rings. The molecule has 4 rings (SSSR count).